The summed E-state index contributed by atoms with van der Waals surface area (Å²) in [6.45, 7) is 13.6. The maximum absolute atomic E-state index is 14.0. The van der Waals surface area contributed by atoms with Crippen LogP contribution in [0.15, 0.2) is 24.3 Å². The van der Waals surface area contributed by atoms with Crippen LogP contribution in [0.3, 0.4) is 0 Å². The van der Waals surface area contributed by atoms with Crippen molar-refractivity contribution in [2.24, 2.45) is 5.41 Å². The highest BCUT2D eigenvalue weighted by Crippen LogP contribution is 2.28. The highest BCUT2D eigenvalue weighted by atomic mass is 19.1. The number of halogens is 1. The van der Waals surface area contributed by atoms with E-state index in [-0.39, 0.29) is 17.1 Å². The van der Waals surface area contributed by atoms with Crippen molar-refractivity contribution in [1.82, 2.24) is 5.32 Å². The van der Waals surface area contributed by atoms with Crippen LogP contribution in [0.5, 0.6) is 0 Å². The van der Waals surface area contributed by atoms with Gasteiger partial charge in [0.25, 0.3) is 0 Å². The van der Waals surface area contributed by atoms with Gasteiger partial charge in [0, 0.05) is 17.4 Å². The van der Waals surface area contributed by atoms with Crippen LogP contribution in [-0.2, 0) is 11.2 Å². The number of carbonyl (C=O) groups is 1. The molecule has 21 heavy (non-hydrogen) atoms. The van der Waals surface area contributed by atoms with Crippen molar-refractivity contribution in [2.75, 3.05) is 0 Å². The standard InChI is InChI=1S/C18H28FNO/c1-16(2,3)15(21)18(7,20-17(4,5)6)12-13-10-8-9-11-14(13)19/h8-11,20H,12H2,1-7H3. The van der Waals surface area contributed by atoms with E-state index in [1.165, 1.54) is 6.07 Å². The molecule has 1 N–H and O–H groups in total. The van der Waals surface area contributed by atoms with Crippen LogP contribution in [-0.4, -0.2) is 16.9 Å². The molecule has 0 fully saturated rings. The fourth-order valence-corrected chi connectivity index (χ4v) is 2.86. The molecule has 118 valence electrons. The Morgan fingerprint density at radius 2 is 1.57 bits per heavy atom. The number of hydrogen-bond donors (Lipinski definition) is 1. The monoisotopic (exact) mass is 293 g/mol. The zero-order valence-electron chi connectivity index (χ0n) is 14.3. The van der Waals surface area contributed by atoms with Gasteiger partial charge in [0.2, 0.25) is 0 Å². The SMILES string of the molecule is CC(C)(C)NC(C)(Cc1ccccc1F)C(=O)C(C)(C)C. The van der Waals surface area contributed by atoms with Gasteiger partial charge in [0.1, 0.15) is 5.82 Å². The first kappa shape index (κ1) is 17.8. The summed E-state index contributed by atoms with van der Waals surface area (Å²) in [7, 11) is 0. The lowest BCUT2D eigenvalue weighted by atomic mass is 9.75. The maximum Gasteiger partial charge on any atom is 0.158 e. The third-order valence-electron chi connectivity index (χ3n) is 3.34. The average Bonchev–Trinajstić information content (AvgIpc) is 2.27. The quantitative estimate of drug-likeness (QED) is 0.904. The molecule has 0 aliphatic carbocycles. The molecule has 1 atom stereocenters. The molecule has 1 rings (SSSR count). The van der Waals surface area contributed by atoms with Crippen molar-refractivity contribution in [3.8, 4) is 0 Å². The van der Waals surface area contributed by atoms with Gasteiger partial charge in [-0.2, -0.15) is 0 Å². The summed E-state index contributed by atoms with van der Waals surface area (Å²) in [4.78, 5) is 12.9. The Kier molecular flexibility index (Phi) is 4.99. The summed E-state index contributed by atoms with van der Waals surface area (Å²) >= 11 is 0. The van der Waals surface area contributed by atoms with Crippen LogP contribution < -0.4 is 5.32 Å². The van der Waals surface area contributed by atoms with E-state index in [9.17, 15) is 9.18 Å². The van der Waals surface area contributed by atoms with Gasteiger partial charge in [0.05, 0.1) is 5.54 Å². The van der Waals surface area contributed by atoms with E-state index >= 15 is 0 Å². The topological polar surface area (TPSA) is 29.1 Å². The molecule has 1 unspecified atom stereocenters. The van der Waals surface area contributed by atoms with E-state index in [2.05, 4.69) is 5.32 Å². The molecule has 1 aromatic carbocycles. The molecule has 0 amide bonds. The van der Waals surface area contributed by atoms with E-state index in [4.69, 9.17) is 0 Å². The molecule has 0 aliphatic heterocycles. The van der Waals surface area contributed by atoms with Crippen LogP contribution >= 0.6 is 0 Å². The molecular formula is C18H28FNO. The minimum atomic E-state index is -0.807. The van der Waals surface area contributed by atoms with Gasteiger partial charge in [-0.1, -0.05) is 39.0 Å². The number of ketones is 1. The lowest BCUT2D eigenvalue weighted by Gasteiger charge is -2.40. The third kappa shape index (κ3) is 4.92. The zero-order chi connectivity index (χ0) is 16.5. The van der Waals surface area contributed by atoms with Crippen molar-refractivity contribution in [3.05, 3.63) is 35.6 Å². The average molecular weight is 293 g/mol. The van der Waals surface area contributed by atoms with E-state index in [1.807, 2.05) is 48.5 Å². The lowest BCUT2D eigenvalue weighted by molar-refractivity contribution is -0.133. The lowest BCUT2D eigenvalue weighted by Crippen LogP contribution is -2.61. The van der Waals surface area contributed by atoms with Crippen molar-refractivity contribution < 1.29 is 9.18 Å². The van der Waals surface area contributed by atoms with Crippen molar-refractivity contribution in [1.29, 1.82) is 0 Å². The summed E-state index contributed by atoms with van der Waals surface area (Å²) in [5, 5.41) is 3.40. The number of Topliss-reactive ketones (excluding diaryl/α,β-unsaturated/α-hetero) is 1. The van der Waals surface area contributed by atoms with Crippen LogP contribution in [0.25, 0.3) is 0 Å². The molecule has 0 spiro atoms. The normalized spacial score (nSPS) is 15.6. The molecule has 0 saturated carbocycles. The van der Waals surface area contributed by atoms with Crippen LogP contribution in [0.1, 0.15) is 54.0 Å². The van der Waals surface area contributed by atoms with E-state index in [0.717, 1.165) is 0 Å². The Morgan fingerprint density at radius 3 is 2.00 bits per heavy atom. The number of nitrogens with one attached hydrogen (secondary N) is 1. The predicted molar refractivity (Wildman–Crippen MR) is 85.9 cm³/mol. The van der Waals surface area contributed by atoms with Crippen molar-refractivity contribution in [3.63, 3.8) is 0 Å². The highest BCUT2D eigenvalue weighted by molar-refractivity contribution is 5.92. The smallest absolute Gasteiger partial charge is 0.158 e. The number of carbonyl (C=O) groups excluding carboxylic acids is 1. The summed E-state index contributed by atoms with van der Waals surface area (Å²) in [5.41, 5.74) is -0.966. The Bertz CT molecular complexity index is 511. The fraction of sp³-hybridized carbons (Fsp3) is 0.611. The van der Waals surface area contributed by atoms with E-state index < -0.39 is 11.0 Å². The number of benzene rings is 1. The van der Waals surface area contributed by atoms with Gasteiger partial charge in [0.15, 0.2) is 5.78 Å². The molecule has 1 aromatic rings. The molecule has 0 aromatic heterocycles. The summed E-state index contributed by atoms with van der Waals surface area (Å²) in [5.74, 6) is -0.172. The Labute approximate surface area is 128 Å². The van der Waals surface area contributed by atoms with Crippen molar-refractivity contribution in [2.45, 2.75) is 66.0 Å². The van der Waals surface area contributed by atoms with E-state index in [1.54, 1.807) is 18.2 Å². The van der Waals surface area contributed by atoms with Gasteiger partial charge in [-0.25, -0.2) is 4.39 Å². The van der Waals surface area contributed by atoms with Crippen molar-refractivity contribution >= 4 is 5.78 Å². The maximum atomic E-state index is 14.0. The second-order valence-corrected chi connectivity index (χ2v) is 8.05. The molecule has 0 saturated heterocycles. The summed E-state index contributed by atoms with van der Waals surface area (Å²) in [6, 6.07) is 6.65. The van der Waals surface area contributed by atoms with Gasteiger partial charge in [-0.15, -0.1) is 0 Å². The van der Waals surface area contributed by atoms with Gasteiger partial charge in [-0.05, 0) is 39.3 Å². The zero-order valence-corrected chi connectivity index (χ0v) is 14.3. The number of rotatable bonds is 4. The Hall–Kier alpha value is -1.22. The predicted octanol–water partition coefficient (Wildman–Crippen LogP) is 4.13. The molecule has 0 radical (unpaired) electrons. The summed E-state index contributed by atoms with van der Waals surface area (Å²) < 4.78 is 14.0. The second-order valence-electron chi connectivity index (χ2n) is 8.05. The van der Waals surface area contributed by atoms with Crippen LogP contribution in [0.4, 0.5) is 4.39 Å². The van der Waals surface area contributed by atoms with Gasteiger partial charge >= 0.3 is 0 Å². The first-order chi connectivity index (χ1) is 9.35. The minimum Gasteiger partial charge on any atom is -0.300 e. The molecule has 0 bridgehead atoms. The van der Waals surface area contributed by atoms with Crippen LogP contribution in [0.2, 0.25) is 0 Å². The van der Waals surface area contributed by atoms with Crippen LogP contribution in [0, 0.1) is 11.2 Å². The Morgan fingerprint density at radius 1 is 1.05 bits per heavy atom. The van der Waals surface area contributed by atoms with E-state index in [0.29, 0.717) is 12.0 Å². The molecular weight excluding hydrogens is 265 g/mol. The minimum absolute atomic E-state index is 0.0909. The van der Waals surface area contributed by atoms with Gasteiger partial charge < -0.3 is 5.32 Å². The summed E-state index contributed by atoms with van der Waals surface area (Å²) in [6.07, 6.45) is 0.340. The highest BCUT2D eigenvalue weighted by Gasteiger charge is 2.42. The molecule has 0 heterocycles. The largest absolute Gasteiger partial charge is 0.300 e. The first-order valence-electron chi connectivity index (χ1n) is 7.43. The third-order valence-corrected chi connectivity index (χ3v) is 3.34. The second kappa shape index (κ2) is 5.88. The number of hydrogen-bond acceptors (Lipinski definition) is 2. The molecule has 3 heteroatoms. The molecule has 0 aliphatic rings. The van der Waals surface area contributed by atoms with Gasteiger partial charge in [-0.3, -0.25) is 4.79 Å². The molecule has 2 nitrogen and oxygen atoms in total. The Balaban J connectivity index is 3.20. The first-order valence-corrected chi connectivity index (χ1v) is 7.43. The fourth-order valence-electron chi connectivity index (χ4n) is 2.86.